The summed E-state index contributed by atoms with van der Waals surface area (Å²) in [5.41, 5.74) is 3.87. The summed E-state index contributed by atoms with van der Waals surface area (Å²) in [4.78, 5) is 28.0. The highest BCUT2D eigenvalue weighted by Crippen LogP contribution is 2.48. The maximum atomic E-state index is 15.1. The van der Waals surface area contributed by atoms with Gasteiger partial charge in [-0.3, -0.25) is 9.59 Å². The van der Waals surface area contributed by atoms with Crippen molar-refractivity contribution in [2.75, 3.05) is 13.7 Å². The van der Waals surface area contributed by atoms with E-state index in [0.717, 1.165) is 40.9 Å². The highest BCUT2D eigenvalue weighted by molar-refractivity contribution is 6.99. The van der Waals surface area contributed by atoms with Gasteiger partial charge in [0.1, 0.15) is 48.5 Å². The number of rotatable bonds is 14. The number of carbonyl (C=O) groups excluding carboxylic acids is 2. The fraction of sp³-hybridized carbons (Fsp3) is 0.556. The first kappa shape index (κ1) is 64.7. The van der Waals surface area contributed by atoms with Crippen molar-refractivity contribution >= 4 is 30.6 Å². The lowest BCUT2D eigenvalue weighted by molar-refractivity contribution is -0.311. The third-order valence-corrected chi connectivity index (χ3v) is 24.2. The molecule has 5 saturated heterocycles. The number of ether oxygens (including phenoxy) is 11. The molecule has 7 heterocycles. The number of methoxy groups -OCH3 is 1. The SMILES string of the molecule is C=C1CC(OC(C)=O)C2OC1CC(=O)OC(C(OCc1ccc(OC)cc1)C(C)C(C)CCO[Si](c1ccccc1)(c1ccccc1)C(C)(C)C)/C=C\CC1OC(C)(C)OC1C(=C)C1CCC(O1)C1C=CCC(O1)C1CCC(=C)C3(CCC(=C)C2O3)O1. The fourth-order valence-electron chi connectivity index (χ4n) is 14.2. The molecule has 470 valence electrons. The van der Waals surface area contributed by atoms with Crippen LogP contribution in [-0.2, 0) is 68.0 Å². The molecular weight excluding hydrogens is 1120 g/mol. The summed E-state index contributed by atoms with van der Waals surface area (Å²) in [6.07, 6.45) is 6.61. The molecule has 16 atom stereocenters. The normalized spacial score (nSPS) is 32.9. The summed E-state index contributed by atoms with van der Waals surface area (Å²) < 4.78 is 81.4. The van der Waals surface area contributed by atoms with Crippen LogP contribution in [0.3, 0.4) is 0 Å². The smallest absolute Gasteiger partial charge is 0.309 e. The number of hydrogen-bond acceptors (Lipinski definition) is 14. The van der Waals surface area contributed by atoms with Crippen LogP contribution >= 0.6 is 0 Å². The minimum Gasteiger partial charge on any atom is -0.497 e. The highest BCUT2D eigenvalue weighted by atomic mass is 28.4. The summed E-state index contributed by atoms with van der Waals surface area (Å²) in [7, 11) is -1.23. The standard InChI is InChI=1S/C72H94O14Si/c1-45(39-41-77-87(70(8,9)10,54-22-16-14-17-23-54)55-24-18-15-19-25-55)49(5)67(76-44-52-31-33-53(75-13)34-32-52)61-28-21-29-62-68(85-71(11,12)83-62)50(6)56-36-37-59(79-56)57-26-20-27-58(80-57)60-35-30-48(4)72(84-60)40-38-46(2)66(86-72)69-64(78-51(7)73)42-47(3)63(82-69)43-65(74)81-61/h14-26,28,31-34,45,49,56-64,66-69H,2-4,6,27,29-30,35-44H2,1,5,7-13H3/b28-21-. The summed E-state index contributed by atoms with van der Waals surface area (Å²) in [5.74, 6) is -2.60. The summed E-state index contributed by atoms with van der Waals surface area (Å²) >= 11 is 0. The second kappa shape index (κ2) is 27.4. The van der Waals surface area contributed by atoms with E-state index in [1.54, 1.807) is 7.11 Å². The Bertz CT molecular complexity index is 2930. The first-order valence-corrected chi connectivity index (χ1v) is 33.6. The van der Waals surface area contributed by atoms with Crippen molar-refractivity contribution in [3.63, 3.8) is 0 Å². The van der Waals surface area contributed by atoms with Crippen molar-refractivity contribution < 1.29 is 66.1 Å². The van der Waals surface area contributed by atoms with Crippen molar-refractivity contribution in [2.45, 2.75) is 229 Å². The fourth-order valence-corrected chi connectivity index (χ4v) is 18.8. The number of esters is 2. The van der Waals surface area contributed by atoms with Crippen LogP contribution in [0.2, 0.25) is 5.04 Å². The molecule has 7 aliphatic rings. The summed E-state index contributed by atoms with van der Waals surface area (Å²) in [6.45, 7) is 35.2. The molecule has 1 spiro atoms. The Labute approximate surface area is 517 Å². The maximum absolute atomic E-state index is 15.1. The number of cyclic esters (lactones) is 1. The molecule has 0 saturated carbocycles. The van der Waals surface area contributed by atoms with Gasteiger partial charge < -0.3 is 56.5 Å². The third kappa shape index (κ3) is 14.5. The van der Waals surface area contributed by atoms with E-state index in [2.05, 4.69) is 134 Å². The van der Waals surface area contributed by atoms with Crippen molar-refractivity contribution in [1.82, 2.24) is 0 Å². The van der Waals surface area contributed by atoms with Crippen molar-refractivity contribution in [3.8, 4) is 5.75 Å². The largest absolute Gasteiger partial charge is 0.497 e. The Balaban J connectivity index is 0.993. The Morgan fingerprint density at radius 3 is 2.10 bits per heavy atom. The minimum absolute atomic E-state index is 0.00142. The van der Waals surface area contributed by atoms with E-state index >= 15 is 4.79 Å². The third-order valence-electron chi connectivity index (χ3n) is 19.1. The predicted molar refractivity (Wildman–Crippen MR) is 337 cm³/mol. The lowest BCUT2D eigenvalue weighted by atomic mass is 9.83. The van der Waals surface area contributed by atoms with Gasteiger partial charge >= 0.3 is 11.9 Å². The Hall–Kier alpha value is -5.30. The van der Waals surface area contributed by atoms with Crippen LogP contribution in [0.25, 0.3) is 0 Å². The van der Waals surface area contributed by atoms with Crippen molar-refractivity contribution in [2.24, 2.45) is 11.8 Å². The van der Waals surface area contributed by atoms with Gasteiger partial charge in [-0.05, 0) is 139 Å². The lowest BCUT2D eigenvalue weighted by Crippen LogP contribution is -2.66. The van der Waals surface area contributed by atoms with E-state index in [0.29, 0.717) is 57.1 Å². The monoisotopic (exact) mass is 1210 g/mol. The average Bonchev–Trinajstić information content (AvgIpc) is 1.63. The van der Waals surface area contributed by atoms with Gasteiger partial charge in [0.25, 0.3) is 8.32 Å². The first-order valence-electron chi connectivity index (χ1n) is 31.7. The van der Waals surface area contributed by atoms with Gasteiger partial charge in [-0.2, -0.15) is 0 Å². The molecule has 0 amide bonds. The average molecular weight is 1210 g/mol. The molecule has 0 radical (unpaired) electrons. The Morgan fingerprint density at radius 1 is 0.736 bits per heavy atom. The van der Waals surface area contributed by atoms with Gasteiger partial charge in [-0.25, -0.2) is 0 Å². The Morgan fingerprint density at radius 2 is 1.43 bits per heavy atom. The second-order valence-corrected chi connectivity index (χ2v) is 30.9. The van der Waals surface area contributed by atoms with Gasteiger partial charge in [0, 0.05) is 26.4 Å². The van der Waals surface area contributed by atoms with Crippen LogP contribution in [0.15, 0.2) is 158 Å². The topological polar surface area (TPSA) is 145 Å². The molecule has 0 aromatic heterocycles. The van der Waals surface area contributed by atoms with Gasteiger partial charge in [0.05, 0.1) is 56.8 Å². The van der Waals surface area contributed by atoms with Crippen LogP contribution in [0.4, 0.5) is 0 Å². The van der Waals surface area contributed by atoms with Gasteiger partial charge in [-0.15, -0.1) is 0 Å². The second-order valence-electron chi connectivity index (χ2n) is 26.6. The van der Waals surface area contributed by atoms with E-state index in [1.807, 2.05) is 50.3 Å². The van der Waals surface area contributed by atoms with E-state index < -0.39 is 80.7 Å². The van der Waals surface area contributed by atoms with Crippen molar-refractivity contribution in [1.29, 1.82) is 0 Å². The van der Waals surface area contributed by atoms with Gasteiger partial charge in [0.15, 0.2) is 11.6 Å². The van der Waals surface area contributed by atoms with Gasteiger partial charge in [-0.1, -0.05) is 152 Å². The molecule has 0 N–H and O–H groups in total. The predicted octanol–water partition coefficient (Wildman–Crippen LogP) is 12.2. The van der Waals surface area contributed by atoms with Gasteiger partial charge in [0.2, 0.25) is 0 Å². The molecular formula is C72H94O14Si. The lowest BCUT2D eigenvalue weighted by Gasteiger charge is -2.52. The van der Waals surface area contributed by atoms with Crippen LogP contribution < -0.4 is 15.1 Å². The number of hydrogen-bond donors (Lipinski definition) is 0. The molecule has 10 rings (SSSR count). The van der Waals surface area contributed by atoms with E-state index in [9.17, 15) is 4.79 Å². The molecule has 87 heavy (non-hydrogen) atoms. The highest BCUT2D eigenvalue weighted by Gasteiger charge is 2.55. The van der Waals surface area contributed by atoms with Crippen LogP contribution in [0.5, 0.6) is 5.75 Å². The van der Waals surface area contributed by atoms with Crippen LogP contribution in [0.1, 0.15) is 132 Å². The molecule has 14 nitrogen and oxygen atoms in total. The number of carbonyl (C=O) groups is 2. The summed E-state index contributed by atoms with van der Waals surface area (Å²) in [5, 5.41) is 2.21. The number of benzene rings is 3. The number of fused-ring (bicyclic) bond motifs is 12. The van der Waals surface area contributed by atoms with E-state index in [1.165, 1.54) is 17.3 Å². The maximum Gasteiger partial charge on any atom is 0.309 e. The molecule has 7 aliphatic heterocycles. The molecule has 5 fully saturated rings. The van der Waals surface area contributed by atoms with Crippen LogP contribution in [0, 0.1) is 11.8 Å². The van der Waals surface area contributed by atoms with E-state index in [4.69, 9.17) is 56.5 Å². The molecule has 3 aromatic rings. The molecule has 9 bridgehead atoms. The quantitative estimate of drug-likeness (QED) is 0.0653. The van der Waals surface area contributed by atoms with E-state index in [-0.39, 0.29) is 66.8 Å². The molecule has 0 aliphatic carbocycles. The Kier molecular flexibility index (Phi) is 20.4. The zero-order valence-electron chi connectivity index (χ0n) is 52.8. The first-order chi connectivity index (χ1) is 41.6. The van der Waals surface area contributed by atoms with Crippen molar-refractivity contribution in [3.05, 3.63) is 163 Å². The zero-order chi connectivity index (χ0) is 61.8. The molecule has 3 aromatic carbocycles. The molecule has 15 heteroatoms. The zero-order valence-corrected chi connectivity index (χ0v) is 53.8. The molecule has 16 unspecified atom stereocenters. The summed E-state index contributed by atoms with van der Waals surface area (Å²) in [6, 6.07) is 29.1. The minimum atomic E-state index is -2.87. The van der Waals surface area contributed by atoms with Crippen LogP contribution in [-0.4, -0.2) is 125 Å².